The number of nitrogens with two attached hydrogens (primary N) is 1. The van der Waals surface area contributed by atoms with Crippen LogP contribution in [0.1, 0.15) is 82.8 Å². The molecule has 2 heterocycles. The Bertz CT molecular complexity index is 2120. The molecule has 0 aliphatic heterocycles. The third kappa shape index (κ3) is 7.23. The molecule has 1 saturated carbocycles. The summed E-state index contributed by atoms with van der Waals surface area (Å²) < 4.78 is 116. The zero-order valence-electron chi connectivity index (χ0n) is 26.9. The van der Waals surface area contributed by atoms with Crippen LogP contribution >= 0.6 is 0 Å². The summed E-state index contributed by atoms with van der Waals surface area (Å²) in [7, 11) is 0. The second-order valence-corrected chi connectivity index (χ2v) is 13.3. The fourth-order valence-electron chi connectivity index (χ4n) is 6.58. The summed E-state index contributed by atoms with van der Waals surface area (Å²) in [5.74, 6) is -6.73. The smallest absolute Gasteiger partial charge is 0.378 e. The molecule has 0 bridgehead atoms. The Morgan fingerprint density at radius 3 is 2.37 bits per heavy atom. The molecule has 1 amide bonds. The zero-order valence-corrected chi connectivity index (χ0v) is 26.9. The van der Waals surface area contributed by atoms with Gasteiger partial charge in [0.05, 0.1) is 11.3 Å². The third-order valence-corrected chi connectivity index (χ3v) is 8.76. The van der Waals surface area contributed by atoms with Crippen molar-refractivity contribution in [2.24, 2.45) is 11.7 Å². The summed E-state index contributed by atoms with van der Waals surface area (Å²) >= 11 is 0. The number of Topliss-reactive ketones (excluding diaryl/α,β-unsaturated/α-hetero) is 1. The van der Waals surface area contributed by atoms with Crippen LogP contribution in [-0.2, 0) is 29.9 Å². The number of pyridine rings is 1. The molecule has 2 aliphatic carbocycles. The normalized spacial score (nSPS) is 18.0. The van der Waals surface area contributed by atoms with E-state index in [4.69, 9.17) is 5.73 Å². The van der Waals surface area contributed by atoms with Crippen molar-refractivity contribution in [3.8, 4) is 23.0 Å². The van der Waals surface area contributed by atoms with Crippen LogP contribution in [0.2, 0.25) is 0 Å². The Kier molecular flexibility index (Phi) is 8.82. The Labute approximate surface area is 285 Å². The Balaban J connectivity index is 1.46. The third-order valence-electron chi connectivity index (χ3n) is 8.76. The molecule has 2 aliphatic rings. The zero-order chi connectivity index (χ0) is 37.2. The van der Waals surface area contributed by atoms with Crippen LogP contribution in [0.3, 0.4) is 0 Å². The molecule has 1 fully saturated rings. The molecule has 0 saturated heterocycles. The molecule has 0 unspecified atom stereocenters. The first kappa shape index (κ1) is 35.7. The Morgan fingerprint density at radius 2 is 1.75 bits per heavy atom. The van der Waals surface area contributed by atoms with Gasteiger partial charge in [-0.25, -0.2) is 18.2 Å². The van der Waals surface area contributed by atoms with Crippen molar-refractivity contribution in [3.05, 3.63) is 105 Å². The van der Waals surface area contributed by atoms with Gasteiger partial charge in [-0.3, -0.25) is 14.3 Å². The molecular weight excluding hydrogens is 688 g/mol. The first-order valence-corrected chi connectivity index (χ1v) is 15.6. The van der Waals surface area contributed by atoms with E-state index < -0.39 is 100 Å². The van der Waals surface area contributed by atoms with Crippen molar-refractivity contribution < 1.29 is 49.8 Å². The number of carbonyl (C=O) groups excluding carboxylic acids is 2. The number of benzene rings is 2. The van der Waals surface area contributed by atoms with Gasteiger partial charge >= 0.3 is 6.18 Å². The second-order valence-electron chi connectivity index (χ2n) is 13.3. The summed E-state index contributed by atoms with van der Waals surface area (Å²) in [6.45, 7) is 1.82. The molecule has 51 heavy (non-hydrogen) atoms. The van der Waals surface area contributed by atoms with Crippen LogP contribution in [0.25, 0.3) is 11.1 Å². The van der Waals surface area contributed by atoms with Crippen molar-refractivity contribution in [2.75, 3.05) is 0 Å². The van der Waals surface area contributed by atoms with Gasteiger partial charge < -0.3 is 10.8 Å². The summed E-state index contributed by atoms with van der Waals surface area (Å²) in [5, 5.41) is 13.6. The molecule has 6 rings (SSSR count). The van der Waals surface area contributed by atoms with Gasteiger partial charge in [0.1, 0.15) is 41.0 Å². The largest absolute Gasteiger partial charge is 0.435 e. The highest BCUT2D eigenvalue weighted by atomic mass is 19.4. The quantitative estimate of drug-likeness (QED) is 0.146. The number of primary amides is 1. The highest BCUT2D eigenvalue weighted by Gasteiger charge is 2.68. The lowest BCUT2D eigenvalue weighted by Gasteiger charge is -2.21. The average Bonchev–Trinajstić information content (AvgIpc) is 3.67. The maximum absolute atomic E-state index is 15.2. The molecule has 0 spiro atoms. The minimum absolute atomic E-state index is 0.0193. The molecule has 15 heteroatoms. The number of hydrogen-bond donors (Lipinski definition) is 2. The van der Waals surface area contributed by atoms with Gasteiger partial charge in [0.25, 0.3) is 11.8 Å². The van der Waals surface area contributed by atoms with Crippen molar-refractivity contribution in [1.29, 1.82) is 0 Å². The lowest BCUT2D eigenvalue weighted by Crippen LogP contribution is -2.24. The van der Waals surface area contributed by atoms with Gasteiger partial charge in [-0.1, -0.05) is 12.0 Å². The number of hydrogen-bond acceptors (Lipinski definition) is 5. The van der Waals surface area contributed by atoms with Gasteiger partial charge in [-0.15, -0.1) is 0 Å². The van der Waals surface area contributed by atoms with Crippen LogP contribution in [0.15, 0.2) is 48.5 Å². The number of aromatic nitrogens is 3. The van der Waals surface area contributed by atoms with Gasteiger partial charge in [-0.05, 0) is 86.1 Å². The van der Waals surface area contributed by atoms with E-state index in [1.165, 1.54) is 32.0 Å². The van der Waals surface area contributed by atoms with Crippen molar-refractivity contribution >= 4 is 11.7 Å². The summed E-state index contributed by atoms with van der Waals surface area (Å²) in [6.07, 6.45) is -6.12. The fourth-order valence-corrected chi connectivity index (χ4v) is 6.58. The maximum atomic E-state index is 15.2. The van der Waals surface area contributed by atoms with Crippen LogP contribution in [0.4, 0.5) is 35.1 Å². The molecule has 0 radical (unpaired) electrons. The van der Waals surface area contributed by atoms with Crippen molar-refractivity contribution in [2.45, 2.75) is 69.2 Å². The Morgan fingerprint density at radius 1 is 1.06 bits per heavy atom. The first-order chi connectivity index (χ1) is 23.7. The summed E-state index contributed by atoms with van der Waals surface area (Å²) in [6, 6.07) is 8.85. The first-order valence-electron chi connectivity index (χ1n) is 15.6. The number of amides is 1. The van der Waals surface area contributed by atoms with Crippen molar-refractivity contribution in [3.63, 3.8) is 0 Å². The van der Waals surface area contributed by atoms with E-state index in [9.17, 15) is 41.0 Å². The molecule has 3 N–H and O–H groups in total. The van der Waals surface area contributed by atoms with Crippen LogP contribution in [-0.4, -0.2) is 37.2 Å². The molecular formula is C36H28F8N4O3. The topological polar surface area (TPSA) is 111 Å². The molecule has 3 atom stereocenters. The predicted octanol–water partition coefficient (Wildman–Crippen LogP) is 6.80. The number of nitrogens with zero attached hydrogens (tertiary/aromatic N) is 3. The SMILES string of the molecule is CC(C)(O)C#Cc1ccc(-c2ccc(F)c(C(N)=O)c2)c([C@@H](CC(=O)Cn2nc(C(F)(F)F)c3c2C(F)(F)[C@@H]2C[C@H]32)Cc2cc(F)cc(F)c2)n1. The highest BCUT2D eigenvalue weighted by molar-refractivity contribution is 5.94. The summed E-state index contributed by atoms with van der Waals surface area (Å²) in [5.41, 5.74) is 0.782. The number of aliphatic hydroxyl groups is 1. The number of halogens is 8. The van der Waals surface area contributed by atoms with Gasteiger partial charge in [0, 0.05) is 35.4 Å². The maximum Gasteiger partial charge on any atom is 0.435 e. The minimum Gasteiger partial charge on any atom is -0.378 e. The monoisotopic (exact) mass is 716 g/mol. The number of fused-ring (bicyclic) bond motifs is 3. The predicted molar refractivity (Wildman–Crippen MR) is 166 cm³/mol. The second kappa shape index (κ2) is 12.6. The van der Waals surface area contributed by atoms with Gasteiger partial charge in [0.2, 0.25) is 0 Å². The fraction of sp³-hybridized carbons (Fsp3) is 0.333. The van der Waals surface area contributed by atoms with Gasteiger partial charge in [-0.2, -0.15) is 27.1 Å². The molecule has 2 aromatic carbocycles. The number of carbonyl (C=O) groups is 2. The number of rotatable bonds is 9. The van der Waals surface area contributed by atoms with E-state index in [0.29, 0.717) is 10.7 Å². The Hall–Kier alpha value is -5.10. The van der Waals surface area contributed by atoms with Crippen LogP contribution in [0.5, 0.6) is 0 Å². The van der Waals surface area contributed by atoms with E-state index >= 15 is 8.78 Å². The molecule has 2 aromatic heterocycles. The van der Waals surface area contributed by atoms with Crippen molar-refractivity contribution in [1.82, 2.24) is 14.8 Å². The lowest BCUT2D eigenvalue weighted by atomic mass is 9.86. The van der Waals surface area contributed by atoms with E-state index in [-0.39, 0.29) is 40.9 Å². The van der Waals surface area contributed by atoms with Crippen LogP contribution in [0, 0.1) is 35.2 Å². The standard InChI is InChI=1S/C36H28F8N4O3/c1-34(2,51)8-7-22-4-5-24(18-3-6-28(39)26(13-18)33(45)50)30(46-22)19(9-17-10-20(37)14-21(38)11-17)12-23(49)16-48-32-29(31(47-48)36(42,43)44)25-15-27(25)35(32,40)41/h3-6,10-11,13-14,19,25,27,51H,9,12,15-16H2,1-2H3,(H2,45,50)/t19-,25+,27-/m1/s1. The van der Waals surface area contributed by atoms with E-state index in [2.05, 4.69) is 21.9 Å². The molecule has 7 nitrogen and oxygen atoms in total. The average molecular weight is 717 g/mol. The van der Waals surface area contributed by atoms with E-state index in [1.54, 1.807) is 0 Å². The lowest BCUT2D eigenvalue weighted by molar-refractivity contribution is -0.142. The summed E-state index contributed by atoms with van der Waals surface area (Å²) in [4.78, 5) is 30.3. The minimum atomic E-state index is -5.06. The highest BCUT2D eigenvalue weighted by Crippen LogP contribution is 2.68. The van der Waals surface area contributed by atoms with E-state index in [1.807, 2.05) is 0 Å². The molecule has 266 valence electrons. The number of ketones is 1. The van der Waals surface area contributed by atoms with Crippen LogP contribution < -0.4 is 5.73 Å². The van der Waals surface area contributed by atoms with E-state index in [0.717, 1.165) is 24.3 Å². The van der Waals surface area contributed by atoms with Gasteiger partial charge in [0.15, 0.2) is 11.5 Å². The molecule has 4 aromatic rings. The number of alkyl halides is 5.